The topological polar surface area (TPSA) is 75.6 Å². The largest absolute Gasteiger partial charge is 0.481 e. The number of aliphatic carboxylic acids is 1. The van der Waals surface area contributed by atoms with Crippen LogP contribution in [0.25, 0.3) is 0 Å². The number of hydrogen-bond acceptors (Lipinski definition) is 3. The van der Waals surface area contributed by atoms with Crippen LogP contribution in [0.5, 0.6) is 0 Å². The third kappa shape index (κ3) is 4.56. The van der Waals surface area contributed by atoms with Crippen molar-refractivity contribution in [3.63, 3.8) is 0 Å². The Hall–Kier alpha value is -1.88. The van der Waals surface area contributed by atoms with E-state index in [1.165, 1.54) is 0 Å². The molecule has 120 valence electrons. The molecule has 1 aliphatic heterocycles. The van der Waals surface area contributed by atoms with Crippen LogP contribution in [0.2, 0.25) is 0 Å². The Morgan fingerprint density at radius 3 is 2.82 bits per heavy atom. The number of carbonyl (C=O) groups excluding carboxylic acids is 1. The van der Waals surface area contributed by atoms with Gasteiger partial charge < -0.3 is 15.2 Å². The molecule has 5 nitrogen and oxygen atoms in total. The highest BCUT2D eigenvalue weighted by Gasteiger charge is 2.22. The number of amides is 1. The van der Waals surface area contributed by atoms with Crippen LogP contribution < -0.4 is 5.32 Å². The highest BCUT2D eigenvalue weighted by atomic mass is 16.5. The molecule has 0 spiro atoms. The summed E-state index contributed by atoms with van der Waals surface area (Å²) >= 11 is 0. The molecule has 1 aromatic rings. The fraction of sp³-hybridized carbons (Fsp3) is 0.529. The number of carboxylic acids is 1. The fourth-order valence-corrected chi connectivity index (χ4v) is 2.64. The van der Waals surface area contributed by atoms with Crippen molar-refractivity contribution in [3.8, 4) is 0 Å². The summed E-state index contributed by atoms with van der Waals surface area (Å²) in [6.45, 7) is 3.68. The lowest BCUT2D eigenvalue weighted by Gasteiger charge is -2.12. The number of carbonyl (C=O) groups is 2. The summed E-state index contributed by atoms with van der Waals surface area (Å²) in [5.41, 5.74) is 1.31. The molecule has 0 bridgehead atoms. The van der Waals surface area contributed by atoms with Gasteiger partial charge in [0.25, 0.3) is 0 Å². The van der Waals surface area contributed by atoms with E-state index >= 15 is 0 Å². The molecule has 5 heteroatoms. The van der Waals surface area contributed by atoms with Crippen molar-refractivity contribution in [1.82, 2.24) is 0 Å². The summed E-state index contributed by atoms with van der Waals surface area (Å²) in [6, 6.07) is 6.99. The van der Waals surface area contributed by atoms with Gasteiger partial charge in [0.1, 0.15) is 0 Å². The zero-order valence-electron chi connectivity index (χ0n) is 13.0. The Morgan fingerprint density at radius 1 is 1.41 bits per heavy atom. The number of hydrogen-bond donors (Lipinski definition) is 2. The van der Waals surface area contributed by atoms with Gasteiger partial charge in [-0.25, -0.2) is 0 Å². The van der Waals surface area contributed by atoms with Gasteiger partial charge in [0.15, 0.2) is 0 Å². The molecule has 0 aliphatic carbocycles. The van der Waals surface area contributed by atoms with Crippen LogP contribution in [0, 0.1) is 0 Å². The van der Waals surface area contributed by atoms with Crippen molar-refractivity contribution < 1.29 is 19.4 Å². The summed E-state index contributed by atoms with van der Waals surface area (Å²) < 4.78 is 5.69. The van der Waals surface area contributed by atoms with Crippen LogP contribution in [-0.4, -0.2) is 29.2 Å². The maximum Gasteiger partial charge on any atom is 0.310 e. The van der Waals surface area contributed by atoms with Crippen molar-refractivity contribution in [1.29, 1.82) is 0 Å². The van der Waals surface area contributed by atoms with Gasteiger partial charge in [0.05, 0.1) is 18.1 Å². The second-order valence-corrected chi connectivity index (χ2v) is 5.92. The molecular formula is C17H23NO4. The number of rotatable bonds is 6. The minimum Gasteiger partial charge on any atom is -0.481 e. The summed E-state index contributed by atoms with van der Waals surface area (Å²) in [5.74, 6) is -1.54. The smallest absolute Gasteiger partial charge is 0.310 e. The highest BCUT2D eigenvalue weighted by molar-refractivity contribution is 5.91. The Bertz CT molecular complexity index is 543. The molecule has 1 saturated heterocycles. The molecule has 2 N–H and O–H groups in total. The van der Waals surface area contributed by atoms with E-state index in [0.29, 0.717) is 23.8 Å². The van der Waals surface area contributed by atoms with Crippen molar-refractivity contribution in [2.24, 2.45) is 0 Å². The molecule has 1 fully saturated rings. The van der Waals surface area contributed by atoms with E-state index in [9.17, 15) is 9.59 Å². The molecular weight excluding hydrogens is 282 g/mol. The lowest BCUT2D eigenvalue weighted by atomic mass is 10.0. The molecule has 2 rings (SSSR count). The van der Waals surface area contributed by atoms with Gasteiger partial charge in [-0.05, 0) is 50.8 Å². The van der Waals surface area contributed by atoms with Gasteiger partial charge in [-0.2, -0.15) is 0 Å². The Morgan fingerprint density at radius 2 is 2.18 bits per heavy atom. The van der Waals surface area contributed by atoms with E-state index in [-0.39, 0.29) is 12.0 Å². The summed E-state index contributed by atoms with van der Waals surface area (Å²) in [6.07, 6.45) is 3.68. The van der Waals surface area contributed by atoms with Crippen LogP contribution in [-0.2, 0) is 14.3 Å². The van der Waals surface area contributed by atoms with Crippen LogP contribution in [0.4, 0.5) is 5.69 Å². The van der Waals surface area contributed by atoms with Gasteiger partial charge in [-0.1, -0.05) is 12.1 Å². The Balaban J connectivity index is 1.86. The maximum atomic E-state index is 12.0. The Kier molecular flexibility index (Phi) is 5.55. The maximum absolute atomic E-state index is 12.0. The van der Waals surface area contributed by atoms with Crippen LogP contribution in [0.15, 0.2) is 24.3 Å². The van der Waals surface area contributed by atoms with Crippen molar-refractivity contribution in [3.05, 3.63) is 29.8 Å². The molecule has 3 unspecified atom stereocenters. The first-order valence-electron chi connectivity index (χ1n) is 7.73. The predicted octanol–water partition coefficient (Wildman–Crippen LogP) is 3.16. The number of nitrogens with one attached hydrogen (secondary N) is 1. The predicted molar refractivity (Wildman–Crippen MR) is 83.9 cm³/mol. The third-order valence-corrected chi connectivity index (χ3v) is 4.05. The average molecular weight is 305 g/mol. The molecule has 22 heavy (non-hydrogen) atoms. The van der Waals surface area contributed by atoms with E-state index in [1.807, 2.05) is 0 Å². The third-order valence-electron chi connectivity index (χ3n) is 4.05. The fourth-order valence-electron chi connectivity index (χ4n) is 2.64. The molecule has 1 aromatic carbocycles. The number of anilines is 1. The number of ether oxygens (including phenoxy) is 1. The molecule has 1 aliphatic rings. The minimum absolute atomic E-state index is 0.0664. The first-order chi connectivity index (χ1) is 10.5. The van der Waals surface area contributed by atoms with Crippen molar-refractivity contribution in [2.45, 2.75) is 57.7 Å². The van der Waals surface area contributed by atoms with Gasteiger partial charge in [0, 0.05) is 12.1 Å². The lowest BCUT2D eigenvalue weighted by molar-refractivity contribution is -0.138. The lowest BCUT2D eigenvalue weighted by Crippen LogP contribution is -2.16. The van der Waals surface area contributed by atoms with E-state index in [1.54, 1.807) is 31.2 Å². The molecule has 1 amide bonds. The van der Waals surface area contributed by atoms with Gasteiger partial charge in [0.2, 0.25) is 5.91 Å². The molecule has 0 aromatic heterocycles. The van der Waals surface area contributed by atoms with Gasteiger partial charge >= 0.3 is 5.97 Å². The van der Waals surface area contributed by atoms with E-state index < -0.39 is 11.9 Å². The van der Waals surface area contributed by atoms with Crippen molar-refractivity contribution >= 4 is 17.6 Å². The first kappa shape index (κ1) is 16.5. The number of carboxylic acid groups (broad SMARTS) is 1. The summed E-state index contributed by atoms with van der Waals surface area (Å²) in [5, 5.41) is 11.9. The second kappa shape index (κ2) is 7.40. The highest BCUT2D eigenvalue weighted by Crippen LogP contribution is 2.23. The standard InChI is InChI=1S/C17H23NO4/c1-11-6-7-15(22-11)8-9-16(19)18-14-5-3-4-13(10-14)12(2)17(20)21/h3-5,10-12,15H,6-9H2,1-2H3,(H,18,19)(H,20,21). The zero-order chi connectivity index (χ0) is 16.1. The second-order valence-electron chi connectivity index (χ2n) is 5.92. The van der Waals surface area contributed by atoms with E-state index in [4.69, 9.17) is 9.84 Å². The van der Waals surface area contributed by atoms with Crippen LogP contribution >= 0.6 is 0 Å². The van der Waals surface area contributed by atoms with Gasteiger partial charge in [-0.15, -0.1) is 0 Å². The molecule has 1 heterocycles. The molecule has 0 saturated carbocycles. The average Bonchev–Trinajstić information content (AvgIpc) is 2.90. The zero-order valence-corrected chi connectivity index (χ0v) is 13.0. The van der Waals surface area contributed by atoms with Gasteiger partial charge in [-0.3, -0.25) is 9.59 Å². The van der Waals surface area contributed by atoms with Crippen LogP contribution in [0.1, 0.15) is 51.0 Å². The minimum atomic E-state index is -0.879. The van der Waals surface area contributed by atoms with E-state index in [0.717, 1.165) is 19.3 Å². The monoisotopic (exact) mass is 305 g/mol. The first-order valence-corrected chi connectivity index (χ1v) is 7.73. The summed E-state index contributed by atoms with van der Waals surface area (Å²) in [7, 11) is 0. The summed E-state index contributed by atoms with van der Waals surface area (Å²) in [4.78, 5) is 23.0. The quantitative estimate of drug-likeness (QED) is 0.846. The SMILES string of the molecule is CC1CCC(CCC(=O)Nc2cccc(C(C)C(=O)O)c2)O1. The number of benzene rings is 1. The molecule has 3 atom stereocenters. The van der Waals surface area contributed by atoms with Crippen molar-refractivity contribution in [2.75, 3.05) is 5.32 Å². The Labute approximate surface area is 130 Å². The molecule has 0 radical (unpaired) electrons. The normalized spacial score (nSPS) is 22.3. The van der Waals surface area contributed by atoms with Crippen LogP contribution in [0.3, 0.4) is 0 Å². The van der Waals surface area contributed by atoms with E-state index in [2.05, 4.69) is 12.2 Å².